The second-order valence-electron chi connectivity index (χ2n) is 6.81. The molecule has 6 nitrogen and oxygen atoms in total. The van der Waals surface area contributed by atoms with Crippen molar-refractivity contribution in [3.8, 4) is 5.75 Å². The van der Waals surface area contributed by atoms with Crippen LogP contribution in [0.25, 0.3) is 0 Å². The lowest BCUT2D eigenvalue weighted by atomic mass is 10.1. The zero-order chi connectivity index (χ0) is 21.7. The number of benzene rings is 3. The van der Waals surface area contributed by atoms with E-state index in [1.165, 1.54) is 36.4 Å². The number of amides is 1. The van der Waals surface area contributed by atoms with Crippen molar-refractivity contribution in [2.75, 3.05) is 0 Å². The van der Waals surface area contributed by atoms with Crippen molar-refractivity contribution in [1.29, 1.82) is 0 Å². The molecular weight excluding hydrogens is 407 g/mol. The Balaban J connectivity index is 1.67. The molecule has 0 atom stereocenters. The van der Waals surface area contributed by atoms with E-state index in [1.807, 2.05) is 0 Å². The largest absolute Gasteiger partial charge is 0.507 e. The number of sulfonamides is 1. The summed E-state index contributed by atoms with van der Waals surface area (Å²) < 4.78 is 40.8. The van der Waals surface area contributed by atoms with E-state index in [-0.39, 0.29) is 29.3 Å². The molecule has 0 spiro atoms. The molecule has 3 N–H and O–H groups in total. The first-order valence-corrected chi connectivity index (χ1v) is 10.6. The molecule has 0 saturated heterocycles. The maximum Gasteiger partial charge on any atom is 0.255 e. The fourth-order valence-corrected chi connectivity index (χ4v) is 3.93. The molecule has 3 aromatic carbocycles. The molecule has 0 heterocycles. The Morgan fingerprint density at radius 1 is 0.967 bits per heavy atom. The minimum absolute atomic E-state index is 0.0315. The maximum atomic E-state index is 13.3. The van der Waals surface area contributed by atoms with E-state index in [1.54, 1.807) is 37.3 Å². The van der Waals surface area contributed by atoms with Gasteiger partial charge in [0.2, 0.25) is 10.0 Å². The van der Waals surface area contributed by atoms with Gasteiger partial charge < -0.3 is 10.4 Å². The number of hydrogen-bond donors (Lipinski definition) is 3. The predicted molar refractivity (Wildman–Crippen MR) is 111 cm³/mol. The van der Waals surface area contributed by atoms with E-state index in [2.05, 4.69) is 10.0 Å². The van der Waals surface area contributed by atoms with Gasteiger partial charge in [-0.2, -0.15) is 0 Å². The third kappa shape index (κ3) is 5.43. The van der Waals surface area contributed by atoms with Gasteiger partial charge in [-0.25, -0.2) is 17.5 Å². The number of hydrogen-bond acceptors (Lipinski definition) is 4. The summed E-state index contributed by atoms with van der Waals surface area (Å²) in [6.45, 7) is 1.84. The SMILES string of the molecule is Cc1ccc(O)c(C(=O)NCc2cccc(S(=O)(=O)NCc3cccc(F)c3)c2)c1. The van der Waals surface area contributed by atoms with Crippen LogP contribution in [0.1, 0.15) is 27.0 Å². The smallest absolute Gasteiger partial charge is 0.255 e. The number of rotatable bonds is 7. The molecule has 156 valence electrons. The van der Waals surface area contributed by atoms with Crippen LogP contribution in [0.4, 0.5) is 4.39 Å². The first-order valence-electron chi connectivity index (χ1n) is 9.15. The Labute approximate surface area is 174 Å². The van der Waals surface area contributed by atoms with Crippen LogP contribution in [-0.2, 0) is 23.1 Å². The molecule has 0 bridgehead atoms. The van der Waals surface area contributed by atoms with Crippen molar-refractivity contribution in [1.82, 2.24) is 10.0 Å². The second kappa shape index (κ2) is 9.06. The maximum absolute atomic E-state index is 13.3. The molecule has 0 radical (unpaired) electrons. The van der Waals surface area contributed by atoms with Crippen LogP contribution in [0.2, 0.25) is 0 Å². The van der Waals surface area contributed by atoms with E-state index < -0.39 is 21.7 Å². The quantitative estimate of drug-likeness (QED) is 0.538. The number of nitrogens with one attached hydrogen (secondary N) is 2. The highest BCUT2D eigenvalue weighted by molar-refractivity contribution is 7.89. The van der Waals surface area contributed by atoms with Gasteiger partial charge >= 0.3 is 0 Å². The van der Waals surface area contributed by atoms with Crippen molar-refractivity contribution in [2.45, 2.75) is 24.9 Å². The molecule has 30 heavy (non-hydrogen) atoms. The van der Waals surface area contributed by atoms with Crippen molar-refractivity contribution >= 4 is 15.9 Å². The molecule has 3 rings (SSSR count). The van der Waals surface area contributed by atoms with Crippen LogP contribution in [0.15, 0.2) is 71.6 Å². The van der Waals surface area contributed by atoms with E-state index >= 15 is 0 Å². The van der Waals surface area contributed by atoms with E-state index in [0.717, 1.165) is 5.56 Å². The summed E-state index contributed by atoms with van der Waals surface area (Å²) >= 11 is 0. The van der Waals surface area contributed by atoms with Gasteiger partial charge in [0.25, 0.3) is 5.91 Å². The molecule has 0 saturated carbocycles. The number of aromatic hydroxyl groups is 1. The van der Waals surface area contributed by atoms with Crippen LogP contribution in [0.5, 0.6) is 5.75 Å². The molecule has 0 aliphatic carbocycles. The first kappa shape index (κ1) is 21.5. The minimum Gasteiger partial charge on any atom is -0.507 e. The number of halogens is 1. The molecule has 0 unspecified atom stereocenters. The highest BCUT2D eigenvalue weighted by Crippen LogP contribution is 2.18. The number of phenols is 1. The van der Waals surface area contributed by atoms with E-state index in [4.69, 9.17) is 0 Å². The van der Waals surface area contributed by atoms with E-state index in [0.29, 0.717) is 11.1 Å². The Morgan fingerprint density at radius 2 is 1.67 bits per heavy atom. The first-order chi connectivity index (χ1) is 14.2. The lowest BCUT2D eigenvalue weighted by Gasteiger charge is -2.10. The standard InChI is InChI=1S/C22H21FN2O4S/c1-15-8-9-21(26)20(10-15)22(27)24-13-17-5-3-7-19(12-17)30(28,29)25-14-16-4-2-6-18(23)11-16/h2-12,25-26H,13-14H2,1H3,(H,24,27). The summed E-state index contributed by atoms with van der Waals surface area (Å²) in [4.78, 5) is 12.4. The van der Waals surface area contributed by atoms with Gasteiger partial charge in [-0.3, -0.25) is 4.79 Å². The Bertz CT molecular complexity index is 1180. The van der Waals surface area contributed by atoms with Gasteiger partial charge in [0.1, 0.15) is 11.6 Å². The molecule has 0 aliphatic heterocycles. The van der Waals surface area contributed by atoms with Crippen LogP contribution in [-0.4, -0.2) is 19.4 Å². The van der Waals surface area contributed by atoms with Gasteiger partial charge in [0, 0.05) is 13.1 Å². The lowest BCUT2D eigenvalue weighted by molar-refractivity contribution is 0.0948. The summed E-state index contributed by atoms with van der Waals surface area (Å²) in [5.74, 6) is -1.03. The number of carbonyl (C=O) groups excluding carboxylic acids is 1. The third-order valence-electron chi connectivity index (χ3n) is 4.41. The Kier molecular flexibility index (Phi) is 6.49. The molecular formula is C22H21FN2O4S. The molecule has 0 aromatic heterocycles. The summed E-state index contributed by atoms with van der Waals surface area (Å²) in [6, 6.07) is 16.5. The number of phenolic OH excluding ortho intramolecular Hbond substituents is 1. The fourth-order valence-electron chi connectivity index (χ4n) is 2.84. The topological polar surface area (TPSA) is 95.5 Å². The van der Waals surface area contributed by atoms with E-state index in [9.17, 15) is 22.7 Å². The lowest BCUT2D eigenvalue weighted by Crippen LogP contribution is -2.25. The Hall–Kier alpha value is -3.23. The normalized spacial score (nSPS) is 11.3. The van der Waals surface area contributed by atoms with Crippen LogP contribution < -0.4 is 10.0 Å². The van der Waals surface area contributed by atoms with Gasteiger partial charge in [-0.15, -0.1) is 0 Å². The van der Waals surface area contributed by atoms with Crippen molar-refractivity contribution in [3.05, 3.63) is 94.8 Å². The zero-order valence-electron chi connectivity index (χ0n) is 16.2. The monoisotopic (exact) mass is 428 g/mol. The number of carbonyl (C=O) groups is 1. The fraction of sp³-hybridized carbons (Fsp3) is 0.136. The molecule has 1 amide bonds. The predicted octanol–water partition coefficient (Wildman–Crippen LogP) is 3.25. The average molecular weight is 428 g/mol. The highest BCUT2D eigenvalue weighted by Gasteiger charge is 2.15. The summed E-state index contributed by atoms with van der Waals surface area (Å²) in [6.07, 6.45) is 0. The number of aryl methyl sites for hydroxylation is 1. The van der Waals surface area contributed by atoms with Crippen molar-refractivity contribution in [2.24, 2.45) is 0 Å². The summed E-state index contributed by atoms with van der Waals surface area (Å²) in [5.41, 5.74) is 2.05. The van der Waals surface area contributed by atoms with Gasteiger partial charge in [-0.1, -0.05) is 35.9 Å². The molecule has 0 aliphatic rings. The van der Waals surface area contributed by atoms with Crippen molar-refractivity contribution in [3.63, 3.8) is 0 Å². The van der Waals surface area contributed by atoms with Gasteiger partial charge in [0.05, 0.1) is 10.5 Å². The van der Waals surface area contributed by atoms with Crippen LogP contribution in [0.3, 0.4) is 0 Å². The van der Waals surface area contributed by atoms with Gasteiger partial charge in [0.15, 0.2) is 0 Å². The Morgan fingerprint density at radius 3 is 2.40 bits per heavy atom. The average Bonchev–Trinajstić information content (AvgIpc) is 2.72. The van der Waals surface area contributed by atoms with Gasteiger partial charge in [-0.05, 0) is 54.4 Å². The zero-order valence-corrected chi connectivity index (χ0v) is 17.0. The third-order valence-corrected chi connectivity index (χ3v) is 5.81. The molecule has 0 fully saturated rings. The van der Waals surface area contributed by atoms with Crippen molar-refractivity contribution < 1.29 is 22.7 Å². The van der Waals surface area contributed by atoms with Crippen LogP contribution >= 0.6 is 0 Å². The summed E-state index contributed by atoms with van der Waals surface area (Å²) in [7, 11) is -3.82. The molecule has 8 heteroatoms. The second-order valence-corrected chi connectivity index (χ2v) is 8.57. The molecule has 3 aromatic rings. The highest BCUT2D eigenvalue weighted by atomic mass is 32.2. The minimum atomic E-state index is -3.82. The van der Waals surface area contributed by atoms with Crippen LogP contribution in [0, 0.1) is 12.7 Å². The summed E-state index contributed by atoms with van der Waals surface area (Å²) in [5, 5.41) is 12.5.